The van der Waals surface area contributed by atoms with Crippen LogP contribution in [0.15, 0.2) is 40.3 Å². The molecule has 0 fully saturated rings. The van der Waals surface area contributed by atoms with E-state index in [0.29, 0.717) is 11.3 Å². The van der Waals surface area contributed by atoms with E-state index >= 15 is 0 Å². The Hall–Kier alpha value is -1.90. The Morgan fingerprint density at radius 3 is 2.30 bits per heavy atom. The quantitative estimate of drug-likeness (QED) is 0.449. The predicted octanol–water partition coefficient (Wildman–Crippen LogP) is 4.75. The third-order valence-electron chi connectivity index (χ3n) is 2.87. The third kappa shape index (κ3) is 3.90. The second-order valence-electron chi connectivity index (χ2n) is 6.21. The molecular formula is C14H15F3N2O3S. The number of azo groups is 1. The van der Waals surface area contributed by atoms with E-state index < -0.39 is 21.0 Å². The first-order valence-electron chi connectivity index (χ1n) is 6.66. The first kappa shape index (κ1) is 17.5. The fourth-order valence-electron chi connectivity index (χ4n) is 1.94. The van der Waals surface area contributed by atoms with Crippen molar-refractivity contribution in [2.45, 2.75) is 32.7 Å². The molecule has 0 atom stereocenters. The van der Waals surface area contributed by atoms with Gasteiger partial charge in [-0.15, -0.1) is 10.2 Å². The molecule has 1 aliphatic heterocycles. The minimum atomic E-state index is -5.77. The standard InChI is InChI=1S/C14H15F3N2O3S/c1-13(2,3)8-11(22-23(20,21)14(15,16)17)12-9-6-4-5-7-10(9)18-19-12/h4-7H,8H2,1-3H3/b12-11-. The number of rotatable bonds is 3. The number of alkyl halides is 3. The van der Waals surface area contributed by atoms with Gasteiger partial charge in [-0.05, 0) is 11.5 Å². The molecule has 0 N–H and O–H groups in total. The van der Waals surface area contributed by atoms with Crippen molar-refractivity contribution in [3.8, 4) is 0 Å². The topological polar surface area (TPSA) is 68.1 Å². The number of hydrogen-bond acceptors (Lipinski definition) is 5. The highest BCUT2D eigenvalue weighted by molar-refractivity contribution is 7.87. The molecule has 1 aromatic carbocycles. The molecule has 126 valence electrons. The number of hydrogen-bond donors (Lipinski definition) is 0. The highest BCUT2D eigenvalue weighted by Crippen LogP contribution is 2.41. The number of allylic oxidation sites excluding steroid dienone is 1. The van der Waals surface area contributed by atoms with Crippen LogP contribution in [0.1, 0.15) is 32.8 Å². The minimum Gasteiger partial charge on any atom is -0.378 e. The largest absolute Gasteiger partial charge is 0.534 e. The molecule has 1 aromatic rings. The molecule has 1 aliphatic rings. The van der Waals surface area contributed by atoms with Gasteiger partial charge < -0.3 is 4.18 Å². The van der Waals surface area contributed by atoms with Crippen LogP contribution in [0.3, 0.4) is 0 Å². The average molecular weight is 348 g/mol. The Bertz CT molecular complexity index is 775. The van der Waals surface area contributed by atoms with Gasteiger partial charge in [-0.3, -0.25) is 0 Å². The van der Waals surface area contributed by atoms with Crippen molar-refractivity contribution >= 4 is 21.5 Å². The maximum Gasteiger partial charge on any atom is 0.534 e. The maximum atomic E-state index is 12.6. The van der Waals surface area contributed by atoms with Gasteiger partial charge in [0.2, 0.25) is 0 Å². The summed E-state index contributed by atoms with van der Waals surface area (Å²) in [4.78, 5) is 0. The van der Waals surface area contributed by atoms with Gasteiger partial charge in [0.15, 0.2) is 0 Å². The van der Waals surface area contributed by atoms with Gasteiger partial charge in [-0.1, -0.05) is 39.0 Å². The first-order valence-corrected chi connectivity index (χ1v) is 8.07. The summed E-state index contributed by atoms with van der Waals surface area (Å²) < 4.78 is 65.0. The molecule has 2 rings (SSSR count). The summed E-state index contributed by atoms with van der Waals surface area (Å²) in [6.45, 7) is 5.24. The van der Waals surface area contributed by atoms with Crippen molar-refractivity contribution in [3.05, 3.63) is 35.6 Å². The SMILES string of the molecule is CC(C)(C)C/C(OS(=O)(=O)C(F)(F)F)=C1/N=Nc2ccccc21. The Morgan fingerprint density at radius 1 is 1.13 bits per heavy atom. The van der Waals surface area contributed by atoms with E-state index in [1.54, 1.807) is 45.0 Å². The van der Waals surface area contributed by atoms with E-state index in [2.05, 4.69) is 14.4 Å². The van der Waals surface area contributed by atoms with Gasteiger partial charge in [0.1, 0.15) is 11.5 Å². The molecule has 0 unspecified atom stereocenters. The van der Waals surface area contributed by atoms with Gasteiger partial charge in [-0.25, -0.2) is 0 Å². The number of halogens is 3. The summed E-state index contributed by atoms with van der Waals surface area (Å²) in [6, 6.07) is 6.56. The zero-order valence-electron chi connectivity index (χ0n) is 12.7. The number of nitrogens with zero attached hydrogens (tertiary/aromatic N) is 2. The van der Waals surface area contributed by atoms with Gasteiger partial charge in [0, 0.05) is 12.0 Å². The first-order chi connectivity index (χ1) is 10.4. The van der Waals surface area contributed by atoms with Crippen molar-refractivity contribution in [2.24, 2.45) is 15.6 Å². The average Bonchev–Trinajstić information content (AvgIpc) is 2.78. The molecule has 9 heteroatoms. The lowest BCUT2D eigenvalue weighted by Gasteiger charge is -2.21. The Balaban J connectivity index is 2.54. The molecule has 0 spiro atoms. The summed E-state index contributed by atoms with van der Waals surface area (Å²) in [6.07, 6.45) is -0.0506. The van der Waals surface area contributed by atoms with Crippen LogP contribution in [0.5, 0.6) is 0 Å². The zero-order chi connectivity index (χ0) is 17.5. The zero-order valence-corrected chi connectivity index (χ0v) is 13.5. The van der Waals surface area contributed by atoms with Crippen LogP contribution in [0.25, 0.3) is 5.70 Å². The van der Waals surface area contributed by atoms with E-state index in [4.69, 9.17) is 0 Å². The lowest BCUT2D eigenvalue weighted by Crippen LogP contribution is -2.26. The van der Waals surface area contributed by atoms with Gasteiger partial charge in [-0.2, -0.15) is 21.6 Å². The maximum absolute atomic E-state index is 12.6. The smallest absolute Gasteiger partial charge is 0.378 e. The fraction of sp³-hybridized carbons (Fsp3) is 0.429. The van der Waals surface area contributed by atoms with E-state index in [-0.39, 0.29) is 17.9 Å². The van der Waals surface area contributed by atoms with Crippen LogP contribution in [0.4, 0.5) is 18.9 Å². The van der Waals surface area contributed by atoms with Gasteiger partial charge in [0.05, 0.1) is 5.69 Å². The van der Waals surface area contributed by atoms with Crippen LogP contribution in [-0.2, 0) is 14.3 Å². The molecule has 0 amide bonds. The molecule has 0 bridgehead atoms. The summed E-state index contributed by atoms with van der Waals surface area (Å²) in [5.74, 6) is -0.372. The highest BCUT2D eigenvalue weighted by Gasteiger charge is 2.49. The van der Waals surface area contributed by atoms with Gasteiger partial charge in [0.25, 0.3) is 0 Å². The number of fused-ring (bicyclic) bond motifs is 1. The molecule has 23 heavy (non-hydrogen) atoms. The lowest BCUT2D eigenvalue weighted by atomic mass is 9.90. The van der Waals surface area contributed by atoms with E-state index in [9.17, 15) is 21.6 Å². The van der Waals surface area contributed by atoms with E-state index in [1.165, 1.54) is 0 Å². The van der Waals surface area contributed by atoms with Crippen molar-refractivity contribution < 1.29 is 25.8 Å². The summed E-state index contributed by atoms with van der Waals surface area (Å²) >= 11 is 0. The van der Waals surface area contributed by atoms with E-state index in [1.807, 2.05) is 0 Å². The normalized spacial score (nSPS) is 17.1. The molecule has 0 saturated heterocycles. The summed E-state index contributed by atoms with van der Waals surface area (Å²) in [5.41, 5.74) is -5.14. The molecule has 0 aromatic heterocycles. The Morgan fingerprint density at radius 2 is 1.74 bits per heavy atom. The number of benzene rings is 1. The van der Waals surface area contributed by atoms with Crippen molar-refractivity contribution in [2.75, 3.05) is 0 Å². The van der Waals surface area contributed by atoms with Crippen LogP contribution >= 0.6 is 0 Å². The molecule has 1 heterocycles. The Labute approximate surface area is 132 Å². The van der Waals surface area contributed by atoms with Crippen LogP contribution < -0.4 is 0 Å². The van der Waals surface area contributed by atoms with Crippen molar-refractivity contribution in [3.63, 3.8) is 0 Å². The Kier molecular flexibility index (Phi) is 4.27. The lowest BCUT2D eigenvalue weighted by molar-refractivity contribution is -0.0525. The molecular weight excluding hydrogens is 333 g/mol. The monoisotopic (exact) mass is 348 g/mol. The molecule has 5 nitrogen and oxygen atoms in total. The highest BCUT2D eigenvalue weighted by atomic mass is 32.2. The fourth-order valence-corrected chi connectivity index (χ4v) is 2.44. The second kappa shape index (κ2) is 5.63. The van der Waals surface area contributed by atoms with Crippen LogP contribution in [-0.4, -0.2) is 13.9 Å². The van der Waals surface area contributed by atoms with Crippen molar-refractivity contribution in [1.82, 2.24) is 0 Å². The minimum absolute atomic E-state index is 0.00310. The van der Waals surface area contributed by atoms with Gasteiger partial charge >= 0.3 is 15.6 Å². The molecule has 0 saturated carbocycles. The summed E-state index contributed by atoms with van der Waals surface area (Å²) in [7, 11) is -5.77. The molecule has 0 aliphatic carbocycles. The third-order valence-corrected chi connectivity index (χ3v) is 3.85. The van der Waals surface area contributed by atoms with Crippen LogP contribution in [0, 0.1) is 5.41 Å². The molecule has 0 radical (unpaired) electrons. The summed E-state index contributed by atoms with van der Waals surface area (Å²) in [5, 5.41) is 7.64. The predicted molar refractivity (Wildman–Crippen MR) is 78.0 cm³/mol. The van der Waals surface area contributed by atoms with Crippen LogP contribution in [0.2, 0.25) is 0 Å². The van der Waals surface area contributed by atoms with E-state index in [0.717, 1.165) is 0 Å². The van der Waals surface area contributed by atoms with Crippen molar-refractivity contribution in [1.29, 1.82) is 0 Å². The second-order valence-corrected chi connectivity index (χ2v) is 7.75.